The number of hydrogen-bond donors (Lipinski definition) is 1. The Morgan fingerprint density at radius 2 is 2.05 bits per heavy atom. The molecule has 0 unspecified atom stereocenters. The van der Waals surface area contributed by atoms with E-state index < -0.39 is 14.9 Å². The summed E-state index contributed by atoms with van der Waals surface area (Å²) in [6.07, 6.45) is 0.695. The quantitative estimate of drug-likeness (QED) is 0.669. The van der Waals surface area contributed by atoms with Gasteiger partial charge in [0.1, 0.15) is 0 Å². The molecular formula is C12H16ClN3O4S. The highest BCUT2D eigenvalue weighted by Gasteiger charge is 2.28. The molecule has 0 atom stereocenters. The third kappa shape index (κ3) is 3.34. The van der Waals surface area contributed by atoms with E-state index in [9.17, 15) is 18.5 Å². The van der Waals surface area contributed by atoms with Gasteiger partial charge in [-0.15, -0.1) is 0 Å². The maximum atomic E-state index is 12.6. The van der Waals surface area contributed by atoms with Crippen LogP contribution in [-0.2, 0) is 10.0 Å². The molecule has 2 rings (SSSR count). The van der Waals surface area contributed by atoms with Crippen LogP contribution in [0.4, 0.5) is 5.69 Å². The van der Waals surface area contributed by atoms with Crippen LogP contribution in [0.15, 0.2) is 17.0 Å². The molecule has 0 aliphatic carbocycles. The summed E-state index contributed by atoms with van der Waals surface area (Å²) in [5.74, 6) is 0. The second kappa shape index (κ2) is 6.27. The summed E-state index contributed by atoms with van der Waals surface area (Å²) >= 11 is 5.94. The van der Waals surface area contributed by atoms with E-state index in [4.69, 9.17) is 11.6 Å². The van der Waals surface area contributed by atoms with E-state index in [1.807, 2.05) is 0 Å². The van der Waals surface area contributed by atoms with Gasteiger partial charge in [0.05, 0.1) is 14.8 Å². The molecule has 0 spiro atoms. The van der Waals surface area contributed by atoms with Gasteiger partial charge in [0, 0.05) is 31.3 Å². The van der Waals surface area contributed by atoms with E-state index >= 15 is 0 Å². The minimum Gasteiger partial charge on any atom is -0.315 e. The minimum atomic E-state index is -3.78. The number of halogens is 1. The van der Waals surface area contributed by atoms with Gasteiger partial charge in [-0.25, -0.2) is 8.42 Å². The number of nitrogens with zero attached hydrogens (tertiary/aromatic N) is 2. The van der Waals surface area contributed by atoms with Crippen LogP contribution in [0.3, 0.4) is 0 Å². The Kier molecular flexibility index (Phi) is 4.82. The molecule has 21 heavy (non-hydrogen) atoms. The lowest BCUT2D eigenvalue weighted by molar-refractivity contribution is -0.385. The summed E-state index contributed by atoms with van der Waals surface area (Å²) in [5.41, 5.74) is -0.0211. The van der Waals surface area contributed by atoms with Crippen molar-refractivity contribution >= 4 is 27.3 Å². The normalized spacial score (nSPS) is 17.4. The van der Waals surface area contributed by atoms with E-state index in [2.05, 4.69) is 5.32 Å². The van der Waals surface area contributed by atoms with Gasteiger partial charge >= 0.3 is 0 Å². The SMILES string of the molecule is Cc1c(Cl)cc(S(=O)(=O)N2CCCNCC2)cc1[N+](=O)[O-]. The highest BCUT2D eigenvalue weighted by molar-refractivity contribution is 7.89. The van der Waals surface area contributed by atoms with Crippen molar-refractivity contribution in [1.82, 2.24) is 9.62 Å². The number of nitro benzene ring substituents is 1. The van der Waals surface area contributed by atoms with E-state index in [-0.39, 0.29) is 21.2 Å². The monoisotopic (exact) mass is 333 g/mol. The van der Waals surface area contributed by atoms with E-state index in [0.717, 1.165) is 12.6 Å². The van der Waals surface area contributed by atoms with Crippen LogP contribution in [0, 0.1) is 17.0 Å². The smallest absolute Gasteiger partial charge is 0.275 e. The lowest BCUT2D eigenvalue weighted by Gasteiger charge is -2.19. The standard InChI is InChI=1S/C12H16ClN3O4S/c1-9-11(13)7-10(8-12(9)16(17)18)21(19,20)15-5-2-3-14-4-6-15/h7-8,14H,2-6H2,1H3. The Labute approximate surface area is 128 Å². The van der Waals surface area contributed by atoms with Crippen LogP contribution in [0.5, 0.6) is 0 Å². The third-order valence-electron chi connectivity index (χ3n) is 3.42. The highest BCUT2D eigenvalue weighted by atomic mass is 35.5. The average Bonchev–Trinajstić information content (AvgIpc) is 2.70. The Morgan fingerprint density at radius 1 is 1.33 bits per heavy atom. The van der Waals surface area contributed by atoms with Gasteiger partial charge < -0.3 is 5.32 Å². The van der Waals surface area contributed by atoms with Crippen molar-refractivity contribution in [2.75, 3.05) is 26.2 Å². The fraction of sp³-hybridized carbons (Fsp3) is 0.500. The molecule has 1 aliphatic rings. The molecule has 1 aliphatic heterocycles. The van der Waals surface area contributed by atoms with Gasteiger partial charge in [0.25, 0.3) is 5.69 Å². The molecule has 1 fully saturated rings. The molecule has 1 heterocycles. The van der Waals surface area contributed by atoms with Gasteiger partial charge in [-0.2, -0.15) is 4.31 Å². The predicted molar refractivity (Wildman–Crippen MR) is 79.1 cm³/mol. The first-order chi connectivity index (χ1) is 9.84. The van der Waals surface area contributed by atoms with Crippen molar-refractivity contribution in [1.29, 1.82) is 0 Å². The second-order valence-corrected chi connectivity index (χ2v) is 7.16. The molecule has 0 amide bonds. The first kappa shape index (κ1) is 16.2. The largest absolute Gasteiger partial charge is 0.315 e. The first-order valence-electron chi connectivity index (χ1n) is 6.49. The van der Waals surface area contributed by atoms with Crippen molar-refractivity contribution < 1.29 is 13.3 Å². The number of nitro groups is 1. The maximum absolute atomic E-state index is 12.6. The van der Waals surface area contributed by atoms with Crippen molar-refractivity contribution in [3.63, 3.8) is 0 Å². The van der Waals surface area contributed by atoms with Crippen LogP contribution < -0.4 is 5.32 Å². The number of benzene rings is 1. The summed E-state index contributed by atoms with van der Waals surface area (Å²) in [6.45, 7) is 3.52. The molecular weight excluding hydrogens is 318 g/mol. The molecule has 0 aromatic heterocycles. The zero-order chi connectivity index (χ0) is 15.6. The summed E-state index contributed by atoms with van der Waals surface area (Å²) in [5, 5.41) is 14.2. The molecule has 1 aromatic rings. The van der Waals surface area contributed by atoms with Crippen LogP contribution in [-0.4, -0.2) is 43.8 Å². The summed E-state index contributed by atoms with van der Waals surface area (Å²) in [6, 6.07) is 2.35. The molecule has 0 saturated carbocycles. The summed E-state index contributed by atoms with van der Waals surface area (Å²) < 4.78 is 26.5. The van der Waals surface area contributed by atoms with Crippen molar-refractivity contribution in [3.05, 3.63) is 32.8 Å². The van der Waals surface area contributed by atoms with Crippen LogP contribution in [0.1, 0.15) is 12.0 Å². The van der Waals surface area contributed by atoms with Gasteiger partial charge in [-0.1, -0.05) is 11.6 Å². The van der Waals surface area contributed by atoms with Crippen LogP contribution >= 0.6 is 11.6 Å². The third-order valence-corrected chi connectivity index (χ3v) is 5.69. The predicted octanol–water partition coefficient (Wildman–Crippen LogP) is 1.54. The molecule has 116 valence electrons. The Hall–Kier alpha value is -1.22. The Morgan fingerprint density at radius 3 is 2.71 bits per heavy atom. The highest BCUT2D eigenvalue weighted by Crippen LogP contribution is 2.31. The Bertz CT molecular complexity index is 655. The number of sulfonamides is 1. The minimum absolute atomic E-state index is 0.0794. The van der Waals surface area contributed by atoms with Crippen LogP contribution in [0.25, 0.3) is 0 Å². The zero-order valence-corrected chi connectivity index (χ0v) is 13.1. The lowest BCUT2D eigenvalue weighted by atomic mass is 10.2. The van der Waals surface area contributed by atoms with Crippen molar-refractivity contribution in [2.45, 2.75) is 18.2 Å². The van der Waals surface area contributed by atoms with Gasteiger partial charge in [-0.05, 0) is 26.0 Å². The molecule has 1 N–H and O–H groups in total. The first-order valence-corrected chi connectivity index (χ1v) is 8.31. The second-order valence-electron chi connectivity index (χ2n) is 4.81. The maximum Gasteiger partial charge on any atom is 0.275 e. The fourth-order valence-corrected chi connectivity index (χ4v) is 3.99. The molecule has 1 saturated heterocycles. The van der Waals surface area contributed by atoms with E-state index in [1.54, 1.807) is 0 Å². The van der Waals surface area contributed by atoms with E-state index in [0.29, 0.717) is 26.1 Å². The van der Waals surface area contributed by atoms with Gasteiger partial charge in [0.2, 0.25) is 10.0 Å². The summed E-state index contributed by atoms with van der Waals surface area (Å²) in [4.78, 5) is 10.3. The average molecular weight is 334 g/mol. The number of hydrogen-bond acceptors (Lipinski definition) is 5. The lowest BCUT2D eigenvalue weighted by Crippen LogP contribution is -2.34. The number of nitrogens with one attached hydrogen (secondary N) is 1. The summed E-state index contributed by atoms with van der Waals surface area (Å²) in [7, 11) is -3.78. The molecule has 1 aromatic carbocycles. The molecule has 7 nitrogen and oxygen atoms in total. The molecule has 0 radical (unpaired) electrons. The Balaban J connectivity index is 2.46. The van der Waals surface area contributed by atoms with Gasteiger partial charge in [-0.3, -0.25) is 10.1 Å². The van der Waals surface area contributed by atoms with Crippen LogP contribution in [0.2, 0.25) is 5.02 Å². The fourth-order valence-electron chi connectivity index (χ4n) is 2.19. The van der Waals surface area contributed by atoms with E-state index in [1.165, 1.54) is 17.3 Å². The molecule has 9 heteroatoms. The van der Waals surface area contributed by atoms with Crippen molar-refractivity contribution in [2.24, 2.45) is 0 Å². The molecule has 0 bridgehead atoms. The van der Waals surface area contributed by atoms with Gasteiger partial charge in [0.15, 0.2) is 0 Å². The topological polar surface area (TPSA) is 92.6 Å². The number of rotatable bonds is 3. The van der Waals surface area contributed by atoms with Crippen molar-refractivity contribution in [3.8, 4) is 0 Å². The zero-order valence-electron chi connectivity index (χ0n) is 11.5.